The van der Waals surface area contributed by atoms with Crippen molar-refractivity contribution >= 4 is 23.2 Å². The lowest BCUT2D eigenvalue weighted by atomic mass is 10.2. The summed E-state index contributed by atoms with van der Waals surface area (Å²) in [6.45, 7) is 2.42. The van der Waals surface area contributed by atoms with Crippen LogP contribution in [0.25, 0.3) is 0 Å². The smallest absolute Gasteiger partial charge is 0.161 e. The Kier molecular flexibility index (Phi) is 5.71. The van der Waals surface area contributed by atoms with Gasteiger partial charge in [-0.15, -0.1) is 11.6 Å². The molecule has 5 heteroatoms. The van der Waals surface area contributed by atoms with Crippen LogP contribution in [0.4, 0.5) is 4.39 Å². The molecule has 0 atom stereocenters. The van der Waals surface area contributed by atoms with Crippen molar-refractivity contribution in [2.24, 2.45) is 0 Å². The number of ether oxygens (including phenoxy) is 2. The van der Waals surface area contributed by atoms with E-state index in [1.165, 1.54) is 6.07 Å². The highest BCUT2D eigenvalue weighted by Crippen LogP contribution is 2.31. The number of alkyl halides is 1. The molecule has 0 saturated heterocycles. The molecule has 0 aliphatic carbocycles. The zero-order valence-electron chi connectivity index (χ0n) is 11.5. The van der Waals surface area contributed by atoms with E-state index in [4.69, 9.17) is 32.7 Å². The SMILES string of the molecule is CCOc1cc(CCl)ccc1OCc1c(F)cccc1Cl. The second-order valence-electron chi connectivity index (χ2n) is 4.34. The van der Waals surface area contributed by atoms with Gasteiger partial charge in [-0.1, -0.05) is 23.7 Å². The van der Waals surface area contributed by atoms with Gasteiger partial charge >= 0.3 is 0 Å². The summed E-state index contributed by atoms with van der Waals surface area (Å²) in [5.74, 6) is 1.12. The van der Waals surface area contributed by atoms with Gasteiger partial charge in [0.15, 0.2) is 11.5 Å². The summed E-state index contributed by atoms with van der Waals surface area (Å²) in [6, 6.07) is 9.95. The molecule has 0 radical (unpaired) electrons. The van der Waals surface area contributed by atoms with Gasteiger partial charge in [0, 0.05) is 11.4 Å². The molecular formula is C16H15Cl2FO2. The van der Waals surface area contributed by atoms with Crippen molar-refractivity contribution in [3.8, 4) is 11.5 Å². The van der Waals surface area contributed by atoms with Crippen LogP contribution in [0.2, 0.25) is 5.02 Å². The molecule has 0 unspecified atom stereocenters. The molecule has 0 spiro atoms. The number of rotatable bonds is 6. The normalized spacial score (nSPS) is 10.5. The lowest BCUT2D eigenvalue weighted by molar-refractivity contribution is 0.266. The van der Waals surface area contributed by atoms with Crippen LogP contribution >= 0.6 is 23.2 Å². The molecule has 2 aromatic carbocycles. The average molecular weight is 329 g/mol. The van der Waals surface area contributed by atoms with Crippen LogP contribution in [0.1, 0.15) is 18.1 Å². The molecule has 0 aromatic heterocycles. The molecule has 2 aromatic rings. The molecule has 2 rings (SSSR count). The van der Waals surface area contributed by atoms with Gasteiger partial charge in [-0.3, -0.25) is 0 Å². The van der Waals surface area contributed by atoms with E-state index >= 15 is 0 Å². The van der Waals surface area contributed by atoms with Gasteiger partial charge in [0.1, 0.15) is 12.4 Å². The fourth-order valence-electron chi connectivity index (χ4n) is 1.84. The Morgan fingerprint density at radius 1 is 1.10 bits per heavy atom. The van der Waals surface area contributed by atoms with E-state index in [-0.39, 0.29) is 6.61 Å². The van der Waals surface area contributed by atoms with E-state index in [2.05, 4.69) is 0 Å². The van der Waals surface area contributed by atoms with Crippen molar-refractivity contribution in [3.63, 3.8) is 0 Å². The zero-order chi connectivity index (χ0) is 15.2. The van der Waals surface area contributed by atoms with Gasteiger partial charge in [-0.2, -0.15) is 0 Å². The summed E-state index contributed by atoms with van der Waals surface area (Å²) in [5.41, 5.74) is 1.25. The molecule has 0 bridgehead atoms. The van der Waals surface area contributed by atoms with Gasteiger partial charge < -0.3 is 9.47 Å². The van der Waals surface area contributed by atoms with Crippen LogP contribution < -0.4 is 9.47 Å². The standard InChI is InChI=1S/C16H15Cl2FO2/c1-2-20-16-8-11(9-17)6-7-15(16)21-10-12-13(18)4-3-5-14(12)19/h3-8H,2,9-10H2,1H3. The molecule has 2 nitrogen and oxygen atoms in total. The average Bonchev–Trinajstić information content (AvgIpc) is 2.48. The Bertz CT molecular complexity index is 597. The Morgan fingerprint density at radius 2 is 1.90 bits per heavy atom. The van der Waals surface area contributed by atoms with Crippen LogP contribution in [0, 0.1) is 5.82 Å². The first-order valence-electron chi connectivity index (χ1n) is 6.53. The maximum atomic E-state index is 13.7. The van der Waals surface area contributed by atoms with Crippen molar-refractivity contribution in [1.29, 1.82) is 0 Å². The predicted molar refractivity (Wildman–Crippen MR) is 82.9 cm³/mol. The third-order valence-electron chi connectivity index (χ3n) is 2.90. The molecule has 21 heavy (non-hydrogen) atoms. The number of halogens is 3. The van der Waals surface area contributed by atoms with E-state index < -0.39 is 5.82 Å². The van der Waals surface area contributed by atoms with E-state index in [1.54, 1.807) is 18.2 Å². The van der Waals surface area contributed by atoms with Crippen LogP contribution in [-0.2, 0) is 12.5 Å². The molecule has 0 amide bonds. The Balaban J connectivity index is 2.19. The van der Waals surface area contributed by atoms with Gasteiger partial charge in [-0.05, 0) is 36.8 Å². The topological polar surface area (TPSA) is 18.5 Å². The van der Waals surface area contributed by atoms with E-state index in [1.807, 2.05) is 19.1 Å². The van der Waals surface area contributed by atoms with Crippen LogP contribution in [0.3, 0.4) is 0 Å². The first-order chi connectivity index (χ1) is 10.2. The summed E-state index contributed by atoms with van der Waals surface area (Å²) in [4.78, 5) is 0. The quantitative estimate of drug-likeness (QED) is 0.679. The first-order valence-corrected chi connectivity index (χ1v) is 7.44. The van der Waals surface area contributed by atoms with Crippen LogP contribution in [0.15, 0.2) is 36.4 Å². The third-order valence-corrected chi connectivity index (χ3v) is 3.56. The lowest BCUT2D eigenvalue weighted by Crippen LogP contribution is -2.02. The second-order valence-corrected chi connectivity index (χ2v) is 5.01. The Labute approximate surface area is 133 Å². The lowest BCUT2D eigenvalue weighted by Gasteiger charge is -2.14. The minimum Gasteiger partial charge on any atom is -0.490 e. The number of hydrogen-bond acceptors (Lipinski definition) is 2. The molecule has 112 valence electrons. The maximum Gasteiger partial charge on any atom is 0.161 e. The first kappa shape index (κ1) is 15.9. The Morgan fingerprint density at radius 3 is 2.57 bits per heavy atom. The molecule has 0 aliphatic rings. The van der Waals surface area contributed by atoms with Gasteiger partial charge in [0.2, 0.25) is 0 Å². The molecule has 0 N–H and O–H groups in total. The zero-order valence-corrected chi connectivity index (χ0v) is 13.0. The van der Waals surface area contributed by atoms with Crippen LogP contribution in [-0.4, -0.2) is 6.61 Å². The Hall–Kier alpha value is -1.45. The summed E-state index contributed by atoms with van der Waals surface area (Å²) in [7, 11) is 0. The van der Waals surface area contributed by atoms with Crippen LogP contribution in [0.5, 0.6) is 11.5 Å². The second kappa shape index (κ2) is 7.53. The van der Waals surface area contributed by atoms with Crippen molar-refractivity contribution in [2.75, 3.05) is 6.61 Å². The molecule has 0 fully saturated rings. The monoisotopic (exact) mass is 328 g/mol. The van der Waals surface area contributed by atoms with E-state index in [0.717, 1.165) is 5.56 Å². The van der Waals surface area contributed by atoms with Gasteiger partial charge in [0.25, 0.3) is 0 Å². The fourth-order valence-corrected chi connectivity index (χ4v) is 2.23. The summed E-state index contributed by atoms with van der Waals surface area (Å²) < 4.78 is 24.9. The van der Waals surface area contributed by atoms with Crippen molar-refractivity contribution in [2.45, 2.75) is 19.4 Å². The molecule has 0 heterocycles. The van der Waals surface area contributed by atoms with Gasteiger partial charge in [-0.25, -0.2) is 4.39 Å². The number of hydrogen-bond donors (Lipinski definition) is 0. The highest BCUT2D eigenvalue weighted by atomic mass is 35.5. The summed E-state index contributed by atoms with van der Waals surface area (Å²) >= 11 is 11.8. The third kappa shape index (κ3) is 4.02. The van der Waals surface area contributed by atoms with Crippen molar-refractivity contribution < 1.29 is 13.9 Å². The molecular weight excluding hydrogens is 314 g/mol. The summed E-state index contributed by atoms with van der Waals surface area (Å²) in [6.07, 6.45) is 0. The van der Waals surface area contributed by atoms with Crippen molar-refractivity contribution in [3.05, 3.63) is 58.4 Å². The highest BCUT2D eigenvalue weighted by Gasteiger charge is 2.11. The predicted octanol–water partition coefficient (Wildman–Crippen LogP) is 5.20. The summed E-state index contributed by atoms with van der Waals surface area (Å²) in [5, 5.41) is 0.338. The number of benzene rings is 2. The van der Waals surface area contributed by atoms with E-state index in [9.17, 15) is 4.39 Å². The largest absolute Gasteiger partial charge is 0.490 e. The fraction of sp³-hybridized carbons (Fsp3) is 0.250. The maximum absolute atomic E-state index is 13.7. The van der Waals surface area contributed by atoms with Gasteiger partial charge in [0.05, 0.1) is 11.6 Å². The molecule has 0 saturated carbocycles. The van der Waals surface area contributed by atoms with E-state index in [0.29, 0.717) is 34.6 Å². The minimum atomic E-state index is -0.391. The minimum absolute atomic E-state index is 0.0335. The highest BCUT2D eigenvalue weighted by molar-refractivity contribution is 6.31. The molecule has 0 aliphatic heterocycles. The van der Waals surface area contributed by atoms with Crippen molar-refractivity contribution in [1.82, 2.24) is 0 Å².